The van der Waals surface area contributed by atoms with Gasteiger partial charge in [0, 0.05) is 5.56 Å². The zero-order chi connectivity index (χ0) is 19.4. The third-order valence-corrected chi connectivity index (χ3v) is 5.45. The van der Waals surface area contributed by atoms with Gasteiger partial charge >= 0.3 is 0 Å². The van der Waals surface area contributed by atoms with Crippen molar-refractivity contribution in [2.75, 3.05) is 6.61 Å². The predicted octanol–water partition coefficient (Wildman–Crippen LogP) is 3.43. The number of benzene rings is 1. The summed E-state index contributed by atoms with van der Waals surface area (Å²) in [6.45, 7) is 6.35. The monoisotopic (exact) mass is 385 g/mol. The van der Waals surface area contributed by atoms with E-state index in [1.54, 1.807) is 0 Å². The number of hydrogen-bond donors (Lipinski definition) is 1. The molecule has 0 saturated heterocycles. The van der Waals surface area contributed by atoms with Crippen LogP contribution in [0, 0.1) is 6.92 Å². The number of ether oxygens (including phenoxy) is 1. The fourth-order valence-electron chi connectivity index (χ4n) is 3.02. The molecule has 0 bridgehead atoms. The largest absolute Gasteiger partial charge is 0.494 e. The molecule has 27 heavy (non-hydrogen) atoms. The highest BCUT2D eigenvalue weighted by Crippen LogP contribution is 2.27. The second-order valence-corrected chi connectivity index (χ2v) is 7.15. The van der Waals surface area contributed by atoms with Crippen molar-refractivity contribution in [1.82, 2.24) is 14.9 Å². The van der Waals surface area contributed by atoms with Crippen LogP contribution in [-0.4, -0.2) is 22.1 Å². The van der Waals surface area contributed by atoms with Crippen LogP contribution in [-0.2, 0) is 11.3 Å². The van der Waals surface area contributed by atoms with Crippen LogP contribution in [0.4, 0.5) is 0 Å². The smallest absolute Gasteiger partial charge is 0.271 e. The van der Waals surface area contributed by atoms with Crippen LogP contribution in [0.3, 0.4) is 0 Å². The first kappa shape index (κ1) is 19.1. The number of rotatable bonds is 7. The lowest BCUT2D eigenvalue weighted by Gasteiger charge is -2.20. The molecule has 1 atom stereocenters. The Morgan fingerprint density at radius 1 is 1.33 bits per heavy atom. The maximum Gasteiger partial charge on any atom is 0.271 e. The molecule has 3 aromatic rings. The standard InChI is InChI=1S/C20H23N3O3S/c1-4-15(14-8-6-7-9-16(14)26-5-2)22-17(24)10-23-12-21-18-13(3)11-27-19(18)20(23)25/h6-9,11-12,15H,4-5,10H2,1-3H3,(H,22,24)/t15-/m0/s1. The fourth-order valence-corrected chi connectivity index (χ4v) is 3.97. The molecule has 3 rings (SSSR count). The first-order chi connectivity index (χ1) is 13.0. The average Bonchev–Trinajstić information content (AvgIpc) is 3.05. The van der Waals surface area contributed by atoms with E-state index >= 15 is 0 Å². The molecule has 142 valence electrons. The number of nitrogens with zero attached hydrogens (tertiary/aromatic N) is 2. The Labute approximate surface area is 161 Å². The second-order valence-electron chi connectivity index (χ2n) is 6.27. The first-order valence-corrected chi connectivity index (χ1v) is 9.87. The molecular formula is C20H23N3O3S. The third kappa shape index (κ3) is 4.03. The van der Waals surface area contributed by atoms with Gasteiger partial charge in [-0.05, 0) is 37.3 Å². The summed E-state index contributed by atoms with van der Waals surface area (Å²) in [5.41, 5.74) is 2.43. The molecule has 0 saturated carbocycles. The number of carbonyl (C=O) groups excluding carboxylic acids is 1. The molecule has 1 aromatic carbocycles. The van der Waals surface area contributed by atoms with E-state index in [1.165, 1.54) is 22.2 Å². The molecule has 0 radical (unpaired) electrons. The van der Waals surface area contributed by atoms with E-state index < -0.39 is 0 Å². The Hall–Kier alpha value is -2.67. The minimum absolute atomic E-state index is 0.0635. The topological polar surface area (TPSA) is 73.2 Å². The summed E-state index contributed by atoms with van der Waals surface area (Å²) < 4.78 is 7.61. The Morgan fingerprint density at radius 3 is 2.85 bits per heavy atom. The maximum absolute atomic E-state index is 12.6. The Kier molecular flexibility index (Phi) is 5.91. The Bertz CT molecular complexity index is 1010. The summed E-state index contributed by atoms with van der Waals surface area (Å²) in [6.07, 6.45) is 2.16. The first-order valence-electron chi connectivity index (χ1n) is 8.99. The zero-order valence-electron chi connectivity index (χ0n) is 15.7. The molecule has 7 heteroatoms. The maximum atomic E-state index is 12.6. The van der Waals surface area contributed by atoms with Crippen LogP contribution < -0.4 is 15.6 Å². The summed E-state index contributed by atoms with van der Waals surface area (Å²) in [4.78, 5) is 29.5. The van der Waals surface area contributed by atoms with Crippen LogP contribution in [0.2, 0.25) is 0 Å². The molecule has 0 aliphatic rings. The minimum Gasteiger partial charge on any atom is -0.494 e. The number of nitrogens with one attached hydrogen (secondary N) is 1. The summed E-state index contributed by atoms with van der Waals surface area (Å²) >= 11 is 1.36. The van der Waals surface area contributed by atoms with Crippen molar-refractivity contribution in [2.24, 2.45) is 0 Å². The van der Waals surface area contributed by atoms with Crippen LogP contribution >= 0.6 is 11.3 Å². The van der Waals surface area contributed by atoms with Crippen LogP contribution in [0.1, 0.15) is 37.4 Å². The highest BCUT2D eigenvalue weighted by molar-refractivity contribution is 7.17. The molecule has 2 aromatic heterocycles. The van der Waals surface area contributed by atoms with Gasteiger partial charge in [0.15, 0.2) is 0 Å². The SMILES string of the molecule is CCOc1ccccc1[C@H](CC)NC(=O)Cn1cnc2c(C)csc2c1=O. The van der Waals surface area contributed by atoms with Gasteiger partial charge in [0.25, 0.3) is 5.56 Å². The lowest BCUT2D eigenvalue weighted by atomic mass is 10.0. The van der Waals surface area contributed by atoms with Crippen LogP contribution in [0.5, 0.6) is 5.75 Å². The number of thiophene rings is 1. The summed E-state index contributed by atoms with van der Waals surface area (Å²) in [5, 5.41) is 4.91. The van der Waals surface area contributed by atoms with Crippen molar-refractivity contribution >= 4 is 27.5 Å². The number of aromatic nitrogens is 2. The highest BCUT2D eigenvalue weighted by atomic mass is 32.1. The lowest BCUT2D eigenvalue weighted by Crippen LogP contribution is -2.34. The Balaban J connectivity index is 1.79. The number of fused-ring (bicyclic) bond motifs is 1. The number of amides is 1. The van der Waals surface area contributed by atoms with Gasteiger partial charge in [0.2, 0.25) is 5.91 Å². The van der Waals surface area contributed by atoms with Gasteiger partial charge in [0.05, 0.1) is 24.5 Å². The van der Waals surface area contributed by atoms with E-state index in [1.807, 2.05) is 50.4 Å². The van der Waals surface area contributed by atoms with Crippen LogP contribution in [0.15, 0.2) is 40.8 Å². The minimum atomic E-state index is -0.232. The molecule has 0 spiro atoms. The van der Waals surface area contributed by atoms with Gasteiger partial charge in [-0.3, -0.25) is 14.2 Å². The van der Waals surface area contributed by atoms with Gasteiger partial charge in [-0.2, -0.15) is 0 Å². The van der Waals surface area contributed by atoms with Crippen LogP contribution in [0.25, 0.3) is 10.2 Å². The van der Waals surface area contributed by atoms with E-state index in [2.05, 4.69) is 10.3 Å². The number of hydrogen-bond acceptors (Lipinski definition) is 5. The molecule has 6 nitrogen and oxygen atoms in total. The van der Waals surface area contributed by atoms with Crippen molar-refractivity contribution in [3.63, 3.8) is 0 Å². The molecule has 0 aliphatic carbocycles. The molecule has 2 heterocycles. The summed E-state index contributed by atoms with van der Waals surface area (Å²) in [7, 11) is 0. The van der Waals surface area contributed by atoms with E-state index in [0.717, 1.165) is 16.9 Å². The van der Waals surface area contributed by atoms with Crippen molar-refractivity contribution in [3.05, 3.63) is 57.5 Å². The molecule has 1 N–H and O–H groups in total. The average molecular weight is 385 g/mol. The third-order valence-electron chi connectivity index (χ3n) is 4.38. The quantitative estimate of drug-likeness (QED) is 0.676. The van der Waals surface area contributed by atoms with E-state index in [0.29, 0.717) is 23.2 Å². The van der Waals surface area contributed by atoms with E-state index in [-0.39, 0.29) is 24.1 Å². The lowest BCUT2D eigenvalue weighted by molar-refractivity contribution is -0.122. The second kappa shape index (κ2) is 8.35. The molecule has 1 amide bonds. The van der Waals surface area contributed by atoms with Gasteiger partial charge < -0.3 is 10.1 Å². The van der Waals surface area contributed by atoms with Gasteiger partial charge in [0.1, 0.15) is 17.0 Å². The normalized spacial score (nSPS) is 12.1. The van der Waals surface area contributed by atoms with E-state index in [9.17, 15) is 9.59 Å². The molecule has 0 fully saturated rings. The summed E-state index contributed by atoms with van der Waals surface area (Å²) in [5.74, 6) is 0.533. The molecule has 0 unspecified atom stereocenters. The van der Waals surface area contributed by atoms with Gasteiger partial charge in [-0.25, -0.2) is 4.98 Å². The van der Waals surface area contributed by atoms with Gasteiger partial charge in [-0.1, -0.05) is 25.1 Å². The fraction of sp³-hybridized carbons (Fsp3) is 0.350. The number of para-hydroxylation sites is 1. The number of carbonyl (C=O) groups is 1. The van der Waals surface area contributed by atoms with Crippen molar-refractivity contribution in [1.29, 1.82) is 0 Å². The molecular weight excluding hydrogens is 362 g/mol. The van der Waals surface area contributed by atoms with E-state index in [4.69, 9.17) is 4.74 Å². The predicted molar refractivity (Wildman–Crippen MR) is 107 cm³/mol. The van der Waals surface area contributed by atoms with Crippen molar-refractivity contribution in [2.45, 2.75) is 39.8 Å². The summed E-state index contributed by atoms with van der Waals surface area (Å²) in [6, 6.07) is 7.50. The zero-order valence-corrected chi connectivity index (χ0v) is 16.5. The van der Waals surface area contributed by atoms with Gasteiger partial charge in [-0.15, -0.1) is 11.3 Å². The van der Waals surface area contributed by atoms with Crippen molar-refractivity contribution < 1.29 is 9.53 Å². The van der Waals surface area contributed by atoms with Crippen molar-refractivity contribution in [3.8, 4) is 5.75 Å². The Morgan fingerprint density at radius 2 is 2.11 bits per heavy atom. The number of aryl methyl sites for hydroxylation is 1. The molecule has 0 aliphatic heterocycles. The highest BCUT2D eigenvalue weighted by Gasteiger charge is 2.18.